The maximum atomic E-state index is 13.5. The van der Waals surface area contributed by atoms with Gasteiger partial charge in [-0.05, 0) is 69.2 Å². The van der Waals surface area contributed by atoms with Gasteiger partial charge in [-0.1, -0.05) is 24.3 Å². The first-order valence-electron chi connectivity index (χ1n) is 11.6. The first-order valence-corrected chi connectivity index (χ1v) is 11.6. The number of benzene rings is 3. The van der Waals surface area contributed by atoms with Crippen molar-refractivity contribution in [1.29, 1.82) is 0 Å². The van der Waals surface area contributed by atoms with Crippen LogP contribution in [0, 0.1) is 12.7 Å². The Morgan fingerprint density at radius 1 is 1.06 bits per heavy atom. The normalized spacial score (nSPS) is 11.5. The molecule has 3 aromatic carbocycles. The van der Waals surface area contributed by atoms with Crippen molar-refractivity contribution in [3.63, 3.8) is 0 Å². The lowest BCUT2D eigenvalue weighted by atomic mass is 9.96. The number of furan rings is 1. The highest BCUT2D eigenvalue weighted by atomic mass is 19.1. The predicted molar refractivity (Wildman–Crippen MR) is 137 cm³/mol. The number of halogens is 1. The zero-order valence-electron chi connectivity index (χ0n) is 20.3. The third-order valence-electron chi connectivity index (χ3n) is 5.71. The van der Waals surface area contributed by atoms with Gasteiger partial charge in [0.25, 0.3) is 0 Å². The van der Waals surface area contributed by atoms with Gasteiger partial charge in [0.1, 0.15) is 22.9 Å². The summed E-state index contributed by atoms with van der Waals surface area (Å²) in [5.41, 5.74) is 5.34. The highest BCUT2D eigenvalue weighted by molar-refractivity contribution is 6.06. The molecule has 6 heteroatoms. The Kier molecular flexibility index (Phi) is 7.20. The third kappa shape index (κ3) is 5.06. The van der Waals surface area contributed by atoms with Crippen molar-refractivity contribution < 1.29 is 23.1 Å². The van der Waals surface area contributed by atoms with Gasteiger partial charge in [-0.2, -0.15) is 0 Å². The number of nitrogens with one attached hydrogen (secondary N) is 1. The molecule has 4 aromatic rings. The van der Waals surface area contributed by atoms with Crippen molar-refractivity contribution in [3.8, 4) is 22.6 Å². The second-order valence-corrected chi connectivity index (χ2v) is 8.09. The topological polar surface area (TPSA) is 60.7 Å². The van der Waals surface area contributed by atoms with Gasteiger partial charge in [-0.3, -0.25) is 4.79 Å². The van der Waals surface area contributed by atoms with E-state index in [9.17, 15) is 9.18 Å². The van der Waals surface area contributed by atoms with Crippen LogP contribution in [0.5, 0.6) is 11.5 Å². The molecular formula is C29H28FNO4. The molecule has 1 N–H and O–H groups in total. The standard InChI is InChI=1S/C29H28FNO4/c1-5-33-26-10-8-7-9-25(26)31-27(32)15-18(3)22-16-23-24(20-11-13-21(30)14-12-20)17-35-29(23)19(4)28(22)34-6-2/h7-17H,5-6H2,1-4H3,(H,31,32)/b18-15+. The number of rotatable bonds is 8. The molecule has 0 aliphatic heterocycles. The molecule has 0 aliphatic rings. The quantitative estimate of drug-likeness (QED) is 0.271. The van der Waals surface area contributed by atoms with Crippen LogP contribution in [-0.4, -0.2) is 19.1 Å². The number of amides is 1. The second-order valence-electron chi connectivity index (χ2n) is 8.09. The van der Waals surface area contributed by atoms with Crippen molar-refractivity contribution >= 4 is 28.1 Å². The Balaban J connectivity index is 1.75. The molecule has 1 amide bonds. The number of anilines is 1. The Hall–Kier alpha value is -4.06. The van der Waals surface area contributed by atoms with Gasteiger partial charge in [0.2, 0.25) is 5.91 Å². The zero-order valence-corrected chi connectivity index (χ0v) is 20.3. The van der Waals surface area contributed by atoms with Crippen molar-refractivity contribution in [2.75, 3.05) is 18.5 Å². The molecule has 1 heterocycles. The molecule has 0 fully saturated rings. The fraction of sp³-hybridized carbons (Fsp3) is 0.207. The van der Waals surface area contributed by atoms with Gasteiger partial charge >= 0.3 is 0 Å². The van der Waals surface area contributed by atoms with E-state index in [1.165, 1.54) is 12.1 Å². The van der Waals surface area contributed by atoms with E-state index in [1.807, 2.05) is 52.0 Å². The van der Waals surface area contributed by atoms with Crippen LogP contribution in [0.25, 0.3) is 27.7 Å². The van der Waals surface area contributed by atoms with Crippen LogP contribution >= 0.6 is 0 Å². The summed E-state index contributed by atoms with van der Waals surface area (Å²) < 4.78 is 30.9. The van der Waals surface area contributed by atoms with Crippen molar-refractivity contribution in [2.24, 2.45) is 0 Å². The number of ether oxygens (including phenoxy) is 2. The molecule has 0 saturated carbocycles. The summed E-state index contributed by atoms with van der Waals surface area (Å²) in [4.78, 5) is 12.9. The number of para-hydroxylation sites is 2. The van der Waals surface area contributed by atoms with Crippen LogP contribution in [0.1, 0.15) is 31.9 Å². The second kappa shape index (κ2) is 10.5. The van der Waals surface area contributed by atoms with E-state index in [2.05, 4.69) is 5.32 Å². The zero-order chi connectivity index (χ0) is 24.9. The lowest BCUT2D eigenvalue weighted by molar-refractivity contribution is -0.111. The SMILES string of the molecule is CCOc1ccccc1NC(=O)/C=C(\C)c1cc2c(-c3ccc(F)cc3)coc2c(C)c1OCC. The van der Waals surface area contributed by atoms with Gasteiger partial charge in [0.15, 0.2) is 0 Å². The Morgan fingerprint density at radius 2 is 1.77 bits per heavy atom. The molecule has 5 nitrogen and oxygen atoms in total. The summed E-state index contributed by atoms with van der Waals surface area (Å²) in [6.45, 7) is 8.57. The van der Waals surface area contributed by atoms with E-state index in [0.717, 1.165) is 33.2 Å². The highest BCUT2D eigenvalue weighted by Gasteiger charge is 2.19. The predicted octanol–water partition coefficient (Wildman–Crippen LogP) is 7.39. The van der Waals surface area contributed by atoms with Crippen LogP contribution < -0.4 is 14.8 Å². The van der Waals surface area contributed by atoms with E-state index < -0.39 is 0 Å². The first kappa shape index (κ1) is 24.1. The largest absolute Gasteiger partial charge is 0.493 e. The molecule has 0 spiro atoms. The van der Waals surface area contributed by atoms with E-state index >= 15 is 0 Å². The molecule has 1 aromatic heterocycles. The number of hydrogen-bond acceptors (Lipinski definition) is 4. The Labute approximate surface area is 204 Å². The van der Waals surface area contributed by atoms with E-state index in [0.29, 0.717) is 36.0 Å². The van der Waals surface area contributed by atoms with Crippen LogP contribution in [0.2, 0.25) is 0 Å². The smallest absolute Gasteiger partial charge is 0.248 e. The fourth-order valence-corrected chi connectivity index (χ4v) is 4.09. The minimum Gasteiger partial charge on any atom is -0.493 e. The first-order chi connectivity index (χ1) is 16.9. The van der Waals surface area contributed by atoms with Crippen LogP contribution in [0.3, 0.4) is 0 Å². The molecule has 0 aliphatic carbocycles. The summed E-state index contributed by atoms with van der Waals surface area (Å²) in [6, 6.07) is 15.6. The van der Waals surface area contributed by atoms with Crippen molar-refractivity contribution in [3.05, 3.63) is 83.9 Å². The molecule has 180 valence electrons. The molecule has 4 rings (SSSR count). The molecule has 0 unspecified atom stereocenters. The van der Waals surface area contributed by atoms with Crippen molar-refractivity contribution in [1.82, 2.24) is 0 Å². The number of allylic oxidation sites excluding steroid dienone is 1. The average molecular weight is 474 g/mol. The summed E-state index contributed by atoms with van der Waals surface area (Å²) in [5.74, 6) is 0.703. The van der Waals surface area contributed by atoms with E-state index in [1.54, 1.807) is 30.5 Å². The minimum atomic E-state index is -0.298. The third-order valence-corrected chi connectivity index (χ3v) is 5.71. The maximum absolute atomic E-state index is 13.5. The lowest BCUT2D eigenvalue weighted by Gasteiger charge is -2.15. The minimum absolute atomic E-state index is 0.277. The van der Waals surface area contributed by atoms with Crippen LogP contribution in [0.4, 0.5) is 10.1 Å². The van der Waals surface area contributed by atoms with Gasteiger partial charge in [0, 0.05) is 28.2 Å². The number of hydrogen-bond donors (Lipinski definition) is 1. The summed E-state index contributed by atoms with van der Waals surface area (Å²) >= 11 is 0. The summed E-state index contributed by atoms with van der Waals surface area (Å²) in [5, 5.41) is 3.76. The van der Waals surface area contributed by atoms with E-state index in [4.69, 9.17) is 13.9 Å². The fourth-order valence-electron chi connectivity index (χ4n) is 4.09. The molecule has 0 bridgehead atoms. The van der Waals surface area contributed by atoms with Crippen LogP contribution in [0.15, 0.2) is 71.4 Å². The molecule has 0 radical (unpaired) electrons. The number of aryl methyl sites for hydroxylation is 1. The Morgan fingerprint density at radius 3 is 2.49 bits per heavy atom. The van der Waals surface area contributed by atoms with Gasteiger partial charge in [0.05, 0.1) is 25.2 Å². The molecule has 35 heavy (non-hydrogen) atoms. The molecular weight excluding hydrogens is 445 g/mol. The van der Waals surface area contributed by atoms with Gasteiger partial charge in [-0.15, -0.1) is 0 Å². The lowest BCUT2D eigenvalue weighted by Crippen LogP contribution is -2.10. The Bertz CT molecular complexity index is 1390. The van der Waals surface area contributed by atoms with Gasteiger partial charge < -0.3 is 19.2 Å². The summed E-state index contributed by atoms with van der Waals surface area (Å²) in [6.07, 6.45) is 3.21. The summed E-state index contributed by atoms with van der Waals surface area (Å²) in [7, 11) is 0. The average Bonchev–Trinajstić information content (AvgIpc) is 3.27. The number of carbonyl (C=O) groups excluding carboxylic acids is 1. The maximum Gasteiger partial charge on any atom is 0.248 e. The van der Waals surface area contributed by atoms with E-state index in [-0.39, 0.29) is 11.7 Å². The van der Waals surface area contributed by atoms with Crippen molar-refractivity contribution in [2.45, 2.75) is 27.7 Å². The van der Waals surface area contributed by atoms with Crippen LogP contribution in [-0.2, 0) is 4.79 Å². The number of fused-ring (bicyclic) bond motifs is 1. The highest BCUT2D eigenvalue weighted by Crippen LogP contribution is 2.40. The number of carbonyl (C=O) groups is 1. The molecule has 0 saturated heterocycles. The monoisotopic (exact) mass is 473 g/mol. The van der Waals surface area contributed by atoms with Gasteiger partial charge in [-0.25, -0.2) is 4.39 Å². The molecule has 0 atom stereocenters.